The molecule has 1 aliphatic heterocycles. The molecule has 0 saturated carbocycles. The number of carbonyl (C=O) groups is 3. The third-order valence-corrected chi connectivity index (χ3v) is 3.28. The van der Waals surface area contributed by atoms with E-state index in [0.29, 0.717) is 6.54 Å². The molecular formula is C16H21N3O4. The van der Waals surface area contributed by atoms with Crippen molar-refractivity contribution in [2.24, 2.45) is 0 Å². The van der Waals surface area contributed by atoms with Gasteiger partial charge in [-0.05, 0) is 38.0 Å². The Labute approximate surface area is 134 Å². The zero-order chi connectivity index (χ0) is 16.8. The molecule has 1 fully saturated rings. The molecule has 7 nitrogen and oxygen atoms in total. The van der Waals surface area contributed by atoms with Crippen LogP contribution in [0.15, 0.2) is 24.3 Å². The van der Waals surface area contributed by atoms with Gasteiger partial charge in [0.25, 0.3) is 5.91 Å². The minimum atomic E-state index is -0.629. The first-order valence-corrected chi connectivity index (χ1v) is 7.57. The quantitative estimate of drug-likeness (QED) is 0.655. The number of imide groups is 1. The van der Waals surface area contributed by atoms with Crippen LogP contribution in [0.25, 0.3) is 0 Å². The van der Waals surface area contributed by atoms with Gasteiger partial charge < -0.3 is 15.4 Å². The summed E-state index contributed by atoms with van der Waals surface area (Å²) in [6.45, 7) is 4.29. The van der Waals surface area contributed by atoms with Crippen molar-refractivity contribution in [1.82, 2.24) is 16.0 Å². The summed E-state index contributed by atoms with van der Waals surface area (Å²) in [5, 5.41) is 7.39. The normalized spacial score (nSPS) is 16.9. The second-order valence-corrected chi connectivity index (χ2v) is 5.64. The number of carbonyl (C=O) groups excluding carboxylic acids is 3. The van der Waals surface area contributed by atoms with Crippen LogP contribution in [0.3, 0.4) is 0 Å². The Morgan fingerprint density at radius 1 is 1.35 bits per heavy atom. The molecule has 3 N–H and O–H groups in total. The zero-order valence-corrected chi connectivity index (χ0v) is 13.2. The Morgan fingerprint density at radius 2 is 2.13 bits per heavy atom. The highest BCUT2D eigenvalue weighted by Gasteiger charge is 2.29. The molecule has 0 bridgehead atoms. The van der Waals surface area contributed by atoms with E-state index in [2.05, 4.69) is 16.0 Å². The highest BCUT2D eigenvalue weighted by Crippen LogP contribution is 2.14. The summed E-state index contributed by atoms with van der Waals surface area (Å²) in [7, 11) is 0. The Balaban J connectivity index is 1.76. The molecule has 1 saturated heterocycles. The summed E-state index contributed by atoms with van der Waals surface area (Å²) in [6, 6.07) is 6.38. The van der Waals surface area contributed by atoms with Crippen LogP contribution in [0.5, 0.6) is 5.75 Å². The Bertz CT molecular complexity index is 601. The minimum Gasteiger partial charge on any atom is -0.491 e. The molecule has 0 aliphatic carbocycles. The summed E-state index contributed by atoms with van der Waals surface area (Å²) in [5.74, 6) is 0.201. The van der Waals surface area contributed by atoms with Crippen molar-refractivity contribution in [3.8, 4) is 5.75 Å². The number of ether oxygens (including phenoxy) is 1. The van der Waals surface area contributed by atoms with Crippen molar-refractivity contribution in [3.63, 3.8) is 0 Å². The van der Waals surface area contributed by atoms with E-state index in [1.807, 2.05) is 38.1 Å². The smallest absolute Gasteiger partial charge is 0.322 e. The molecule has 1 aromatic carbocycles. The van der Waals surface area contributed by atoms with Crippen molar-refractivity contribution in [2.75, 3.05) is 0 Å². The molecule has 4 amide bonds. The number of hydrogen-bond acceptors (Lipinski definition) is 4. The van der Waals surface area contributed by atoms with E-state index >= 15 is 0 Å². The van der Waals surface area contributed by atoms with Gasteiger partial charge in [0.05, 0.1) is 6.10 Å². The van der Waals surface area contributed by atoms with E-state index in [1.54, 1.807) is 0 Å². The van der Waals surface area contributed by atoms with Crippen molar-refractivity contribution >= 4 is 17.8 Å². The number of urea groups is 1. The second kappa shape index (κ2) is 7.62. The van der Waals surface area contributed by atoms with E-state index in [9.17, 15) is 14.4 Å². The van der Waals surface area contributed by atoms with Crippen LogP contribution in [-0.4, -0.2) is 30.0 Å². The molecule has 1 aliphatic rings. The molecule has 1 heterocycles. The SMILES string of the molecule is CC(C)Oc1cccc(CNC(=O)CC[C@@H]2NC(=O)NC2=O)c1. The van der Waals surface area contributed by atoms with Gasteiger partial charge in [-0.2, -0.15) is 0 Å². The maximum absolute atomic E-state index is 11.8. The van der Waals surface area contributed by atoms with Crippen molar-refractivity contribution < 1.29 is 19.1 Å². The summed E-state index contributed by atoms with van der Waals surface area (Å²) in [4.78, 5) is 34.2. The highest BCUT2D eigenvalue weighted by molar-refractivity contribution is 6.04. The fourth-order valence-electron chi connectivity index (χ4n) is 2.23. The van der Waals surface area contributed by atoms with Crippen molar-refractivity contribution in [3.05, 3.63) is 29.8 Å². The second-order valence-electron chi connectivity index (χ2n) is 5.64. The zero-order valence-electron chi connectivity index (χ0n) is 13.2. The summed E-state index contributed by atoms with van der Waals surface area (Å²) < 4.78 is 5.60. The highest BCUT2D eigenvalue weighted by atomic mass is 16.5. The lowest BCUT2D eigenvalue weighted by Crippen LogP contribution is -2.31. The van der Waals surface area contributed by atoms with Gasteiger partial charge in [-0.3, -0.25) is 14.9 Å². The van der Waals surface area contributed by atoms with Crippen molar-refractivity contribution in [2.45, 2.75) is 45.4 Å². The van der Waals surface area contributed by atoms with Crippen LogP contribution in [-0.2, 0) is 16.1 Å². The van der Waals surface area contributed by atoms with Gasteiger partial charge in [0, 0.05) is 13.0 Å². The Kier molecular flexibility index (Phi) is 5.56. The van der Waals surface area contributed by atoms with Crippen LogP contribution >= 0.6 is 0 Å². The number of amides is 4. The lowest BCUT2D eigenvalue weighted by Gasteiger charge is -2.11. The molecular weight excluding hydrogens is 298 g/mol. The van der Waals surface area contributed by atoms with Gasteiger partial charge in [-0.15, -0.1) is 0 Å². The summed E-state index contributed by atoms with van der Waals surface area (Å²) in [5.41, 5.74) is 0.934. The molecule has 0 radical (unpaired) electrons. The van der Waals surface area contributed by atoms with Crippen LogP contribution in [0.4, 0.5) is 4.79 Å². The first-order valence-electron chi connectivity index (χ1n) is 7.57. The largest absolute Gasteiger partial charge is 0.491 e. The fraction of sp³-hybridized carbons (Fsp3) is 0.438. The lowest BCUT2D eigenvalue weighted by atomic mass is 10.1. The lowest BCUT2D eigenvalue weighted by molar-refractivity contribution is -0.122. The molecule has 0 spiro atoms. The predicted molar refractivity (Wildman–Crippen MR) is 83.7 cm³/mol. The van der Waals surface area contributed by atoms with E-state index in [0.717, 1.165) is 11.3 Å². The van der Waals surface area contributed by atoms with Gasteiger partial charge in [0.15, 0.2) is 0 Å². The monoisotopic (exact) mass is 319 g/mol. The molecule has 0 unspecified atom stereocenters. The average Bonchev–Trinajstić information content (AvgIpc) is 2.80. The molecule has 0 aromatic heterocycles. The van der Waals surface area contributed by atoms with Crippen molar-refractivity contribution in [1.29, 1.82) is 0 Å². The predicted octanol–water partition coefficient (Wildman–Crippen LogP) is 1.08. The maximum Gasteiger partial charge on any atom is 0.322 e. The maximum atomic E-state index is 11.8. The van der Waals surface area contributed by atoms with Gasteiger partial charge in [-0.25, -0.2) is 4.79 Å². The third-order valence-electron chi connectivity index (χ3n) is 3.28. The van der Waals surface area contributed by atoms with E-state index < -0.39 is 12.1 Å². The number of benzene rings is 1. The van der Waals surface area contributed by atoms with Gasteiger partial charge in [-0.1, -0.05) is 12.1 Å². The minimum absolute atomic E-state index is 0.0904. The molecule has 1 atom stereocenters. The molecule has 2 rings (SSSR count). The molecule has 7 heteroatoms. The van der Waals surface area contributed by atoms with Gasteiger partial charge in [0.1, 0.15) is 11.8 Å². The Morgan fingerprint density at radius 3 is 2.78 bits per heavy atom. The van der Waals surface area contributed by atoms with E-state index in [-0.39, 0.29) is 30.8 Å². The topological polar surface area (TPSA) is 96.5 Å². The Hall–Kier alpha value is -2.57. The first kappa shape index (κ1) is 16.8. The number of nitrogens with one attached hydrogen (secondary N) is 3. The van der Waals surface area contributed by atoms with Gasteiger partial charge in [0.2, 0.25) is 5.91 Å². The summed E-state index contributed by atoms with van der Waals surface area (Å²) in [6.07, 6.45) is 0.535. The number of rotatable bonds is 7. The average molecular weight is 319 g/mol. The third kappa shape index (κ3) is 5.28. The molecule has 1 aromatic rings. The molecule has 23 heavy (non-hydrogen) atoms. The van der Waals surface area contributed by atoms with Crippen LogP contribution in [0.2, 0.25) is 0 Å². The molecule has 124 valence electrons. The standard InChI is InChI=1S/C16H21N3O4/c1-10(2)23-12-5-3-4-11(8-12)9-17-14(20)7-6-13-15(21)19-16(22)18-13/h3-5,8,10,13H,6-7,9H2,1-2H3,(H,17,20)(H2,18,19,21,22)/t13-/m0/s1. The summed E-state index contributed by atoms with van der Waals surface area (Å²) >= 11 is 0. The number of hydrogen-bond donors (Lipinski definition) is 3. The van der Waals surface area contributed by atoms with Crippen LogP contribution in [0.1, 0.15) is 32.3 Å². The first-order chi connectivity index (χ1) is 10.9. The van der Waals surface area contributed by atoms with Crippen LogP contribution in [0, 0.1) is 0 Å². The van der Waals surface area contributed by atoms with Crippen LogP contribution < -0.4 is 20.7 Å². The van der Waals surface area contributed by atoms with E-state index in [1.165, 1.54) is 0 Å². The van der Waals surface area contributed by atoms with Gasteiger partial charge >= 0.3 is 6.03 Å². The van der Waals surface area contributed by atoms with E-state index in [4.69, 9.17) is 4.74 Å². The fourth-order valence-corrected chi connectivity index (χ4v) is 2.23.